The van der Waals surface area contributed by atoms with Crippen molar-refractivity contribution in [2.45, 2.75) is 0 Å². The van der Waals surface area contributed by atoms with Crippen LogP contribution in [0.4, 0.5) is 0 Å². The van der Waals surface area contributed by atoms with Crippen molar-refractivity contribution in [2.75, 3.05) is 0 Å². The van der Waals surface area contributed by atoms with Gasteiger partial charge in [-0.25, -0.2) is 0 Å². The standard InChI is InChI=1S/C10H5BO/c1-4-9-7-8-11(6-3)12-10(9)5-2/h1-3,7-8H. The van der Waals surface area contributed by atoms with Crippen LogP contribution >= 0.6 is 0 Å². The minimum atomic E-state index is -0.395. The van der Waals surface area contributed by atoms with Gasteiger partial charge in [-0.2, -0.15) is 0 Å². The fourth-order valence-corrected chi connectivity index (χ4v) is 0.804. The highest BCUT2D eigenvalue weighted by Crippen LogP contribution is 2.13. The van der Waals surface area contributed by atoms with Crippen molar-refractivity contribution in [1.82, 2.24) is 0 Å². The summed E-state index contributed by atoms with van der Waals surface area (Å²) in [5.74, 6) is 9.18. The molecular weight excluding hydrogens is 147 g/mol. The Morgan fingerprint density at radius 3 is 2.50 bits per heavy atom. The number of terminal acetylenes is 3. The first-order valence-corrected chi connectivity index (χ1v) is 3.30. The second-order valence-corrected chi connectivity index (χ2v) is 2.10. The number of hydrogen-bond acceptors (Lipinski definition) is 1. The molecular formula is C10H5BO. The fraction of sp³-hybridized carbons (Fsp3) is 0. The molecule has 0 aliphatic carbocycles. The van der Waals surface area contributed by atoms with Gasteiger partial charge in [0.2, 0.25) is 0 Å². The van der Waals surface area contributed by atoms with Gasteiger partial charge in [0, 0.05) is 0 Å². The van der Waals surface area contributed by atoms with Crippen molar-refractivity contribution in [3.63, 3.8) is 0 Å². The Morgan fingerprint density at radius 1 is 1.25 bits per heavy atom. The monoisotopic (exact) mass is 152 g/mol. The van der Waals surface area contributed by atoms with E-state index in [0.717, 1.165) is 0 Å². The zero-order valence-electron chi connectivity index (χ0n) is 6.37. The zero-order valence-corrected chi connectivity index (χ0v) is 6.37. The smallest absolute Gasteiger partial charge is 0.473 e. The third-order valence-electron chi connectivity index (χ3n) is 1.38. The third kappa shape index (κ3) is 1.37. The largest absolute Gasteiger partial charge is 0.538 e. The molecule has 0 N–H and O–H groups in total. The summed E-state index contributed by atoms with van der Waals surface area (Å²) in [4.78, 5) is 0. The van der Waals surface area contributed by atoms with Crippen LogP contribution in [-0.2, 0) is 4.65 Å². The van der Waals surface area contributed by atoms with Gasteiger partial charge in [0.15, 0.2) is 5.76 Å². The van der Waals surface area contributed by atoms with Crippen molar-refractivity contribution < 1.29 is 4.65 Å². The van der Waals surface area contributed by atoms with Crippen LogP contribution in [0.1, 0.15) is 0 Å². The highest BCUT2D eigenvalue weighted by molar-refractivity contribution is 6.66. The Balaban J connectivity index is 3.00. The highest BCUT2D eigenvalue weighted by atomic mass is 16.4. The maximum atomic E-state index is 5.17. The summed E-state index contributed by atoms with van der Waals surface area (Å²) >= 11 is 0. The summed E-state index contributed by atoms with van der Waals surface area (Å²) in [5, 5.41) is 0. The van der Waals surface area contributed by atoms with E-state index in [9.17, 15) is 0 Å². The number of rotatable bonds is 0. The van der Waals surface area contributed by atoms with Gasteiger partial charge in [0.05, 0.1) is 5.57 Å². The Morgan fingerprint density at radius 2 is 2.00 bits per heavy atom. The summed E-state index contributed by atoms with van der Waals surface area (Å²) in [5.41, 5.74) is 0.559. The van der Waals surface area contributed by atoms with Gasteiger partial charge < -0.3 is 4.65 Å². The molecule has 0 aromatic rings. The fourth-order valence-electron chi connectivity index (χ4n) is 0.804. The molecule has 0 fully saturated rings. The lowest BCUT2D eigenvalue weighted by molar-refractivity contribution is 0.471. The topological polar surface area (TPSA) is 9.23 Å². The minimum Gasteiger partial charge on any atom is -0.538 e. The molecule has 2 heteroatoms. The van der Waals surface area contributed by atoms with Crippen molar-refractivity contribution in [2.24, 2.45) is 0 Å². The maximum absolute atomic E-state index is 5.17. The van der Waals surface area contributed by atoms with E-state index in [2.05, 4.69) is 17.7 Å². The first-order chi connectivity index (χ1) is 5.81. The number of hydrogen-bond donors (Lipinski definition) is 0. The molecule has 0 atom stereocenters. The summed E-state index contributed by atoms with van der Waals surface area (Å²) in [6.45, 7) is -0.395. The Hall–Kier alpha value is -1.98. The Labute approximate surface area is 72.6 Å². The van der Waals surface area contributed by atoms with Crippen LogP contribution in [-0.4, -0.2) is 6.92 Å². The SMILES string of the molecule is C#CB1C=CC(C#C)=C(C#C)O1. The average Bonchev–Trinajstić information content (AvgIpc) is 2.16. The molecule has 1 aliphatic heterocycles. The molecule has 1 nitrogen and oxygen atoms in total. The lowest BCUT2D eigenvalue weighted by Gasteiger charge is -2.12. The van der Waals surface area contributed by atoms with E-state index < -0.39 is 6.92 Å². The van der Waals surface area contributed by atoms with Gasteiger partial charge in [-0.05, 0) is 12.0 Å². The van der Waals surface area contributed by atoms with Gasteiger partial charge in [-0.3, -0.25) is 0 Å². The van der Waals surface area contributed by atoms with Gasteiger partial charge in [-0.1, -0.05) is 11.9 Å². The van der Waals surface area contributed by atoms with E-state index in [1.54, 1.807) is 12.1 Å². The number of allylic oxidation sites excluding steroid dienone is 3. The van der Waals surface area contributed by atoms with Gasteiger partial charge in [0.25, 0.3) is 0 Å². The second kappa shape index (κ2) is 3.43. The van der Waals surface area contributed by atoms with Crippen molar-refractivity contribution in [1.29, 1.82) is 0 Å². The molecule has 1 heterocycles. The van der Waals surface area contributed by atoms with Crippen molar-refractivity contribution in [3.05, 3.63) is 23.4 Å². The van der Waals surface area contributed by atoms with E-state index in [-0.39, 0.29) is 0 Å². The normalized spacial score (nSPS) is 14.2. The molecule has 0 aromatic heterocycles. The molecule has 0 saturated heterocycles. The zero-order chi connectivity index (χ0) is 8.97. The van der Waals surface area contributed by atoms with Crippen molar-refractivity contribution >= 4 is 6.92 Å². The van der Waals surface area contributed by atoms with Crippen LogP contribution in [0.2, 0.25) is 0 Å². The molecule has 12 heavy (non-hydrogen) atoms. The summed E-state index contributed by atoms with van der Waals surface area (Å²) in [7, 11) is 0. The van der Waals surface area contributed by atoms with Gasteiger partial charge >= 0.3 is 6.92 Å². The summed E-state index contributed by atoms with van der Waals surface area (Å²) in [6.07, 6.45) is 17.2. The van der Waals surface area contributed by atoms with Crippen LogP contribution < -0.4 is 0 Å². The lowest BCUT2D eigenvalue weighted by Crippen LogP contribution is -2.16. The predicted octanol–water partition coefficient (Wildman–Crippen LogP) is 0.796. The minimum absolute atomic E-state index is 0.336. The van der Waals surface area contributed by atoms with E-state index in [1.807, 2.05) is 0 Å². The maximum Gasteiger partial charge on any atom is 0.473 e. The molecule has 0 bridgehead atoms. The van der Waals surface area contributed by atoms with E-state index in [0.29, 0.717) is 11.3 Å². The van der Waals surface area contributed by atoms with Gasteiger partial charge in [0.1, 0.15) is 0 Å². The molecule has 0 unspecified atom stereocenters. The quantitative estimate of drug-likeness (QED) is 0.368. The molecule has 0 saturated carbocycles. The molecule has 54 valence electrons. The van der Waals surface area contributed by atoms with E-state index >= 15 is 0 Å². The Kier molecular flexibility index (Phi) is 2.32. The van der Waals surface area contributed by atoms with Gasteiger partial charge in [-0.15, -0.1) is 25.1 Å². The molecule has 0 aromatic carbocycles. The van der Waals surface area contributed by atoms with E-state index in [4.69, 9.17) is 23.9 Å². The first-order valence-electron chi connectivity index (χ1n) is 3.30. The molecule has 0 radical (unpaired) electrons. The summed E-state index contributed by atoms with van der Waals surface area (Å²) in [6, 6.07) is 0. The predicted molar refractivity (Wildman–Crippen MR) is 49.5 cm³/mol. The van der Waals surface area contributed by atoms with Crippen molar-refractivity contribution in [3.8, 4) is 36.9 Å². The van der Waals surface area contributed by atoms with Crippen LogP contribution in [0, 0.1) is 36.9 Å². The second-order valence-electron chi connectivity index (χ2n) is 2.10. The molecule has 1 aliphatic rings. The third-order valence-corrected chi connectivity index (χ3v) is 1.38. The van der Waals surface area contributed by atoms with Crippen LogP contribution in [0.5, 0.6) is 0 Å². The molecule has 0 spiro atoms. The molecule has 1 rings (SSSR count). The van der Waals surface area contributed by atoms with Crippen LogP contribution in [0.15, 0.2) is 23.4 Å². The average molecular weight is 152 g/mol. The van der Waals surface area contributed by atoms with Crippen LogP contribution in [0.3, 0.4) is 0 Å². The lowest BCUT2D eigenvalue weighted by atomic mass is 9.67. The van der Waals surface area contributed by atoms with E-state index in [1.165, 1.54) is 0 Å². The highest BCUT2D eigenvalue weighted by Gasteiger charge is 2.17. The van der Waals surface area contributed by atoms with Crippen LogP contribution in [0.25, 0.3) is 0 Å². The molecule has 0 amide bonds. The first kappa shape index (κ1) is 8.12. The summed E-state index contributed by atoms with van der Waals surface area (Å²) < 4.78 is 5.17. The Bertz CT molecular complexity index is 368.